The van der Waals surface area contributed by atoms with Crippen LogP contribution in [0.5, 0.6) is 5.75 Å². The lowest BCUT2D eigenvalue weighted by Gasteiger charge is -2.23. The lowest BCUT2D eigenvalue weighted by Crippen LogP contribution is -2.49. The number of benzene rings is 1. The lowest BCUT2D eigenvalue weighted by molar-refractivity contribution is -0.124. The number of nitrogens with zero attached hydrogens (tertiary/aromatic N) is 3. The summed E-state index contributed by atoms with van der Waals surface area (Å²) in [4.78, 5) is 62.8. The Morgan fingerprint density at radius 1 is 1.02 bits per heavy atom. The minimum Gasteiger partial charge on any atom is -0.491 e. The van der Waals surface area contributed by atoms with Crippen molar-refractivity contribution in [2.45, 2.75) is 64.8 Å². The second-order valence-corrected chi connectivity index (χ2v) is 11.2. The lowest BCUT2D eigenvalue weighted by atomic mass is 10.1. The highest BCUT2D eigenvalue weighted by molar-refractivity contribution is 14.1. The predicted octanol–water partition coefficient (Wildman–Crippen LogP) is 2.25. The number of alkyl carbamates (subject to hydrolysis) is 1. The molecule has 0 bridgehead atoms. The van der Waals surface area contributed by atoms with Crippen LogP contribution in [-0.4, -0.2) is 93.7 Å². The zero-order valence-electron chi connectivity index (χ0n) is 26.4. The van der Waals surface area contributed by atoms with Gasteiger partial charge in [0.25, 0.3) is 11.8 Å². The second-order valence-electron chi connectivity index (χ2n) is 10.7. The fraction of sp³-hybridized carbons (Fsp3) is 0.607. The maximum absolute atomic E-state index is 12.8. The van der Waals surface area contributed by atoms with Crippen molar-refractivity contribution in [3.05, 3.63) is 40.3 Å². The Labute approximate surface area is 281 Å². The standard InChI is InChI=1S/C28H43IN8O9/c1-19(38)31-11-6-5-10-22(34-27(42)46-28(2,3)4)26(41)33-13-12-32-25(40)20-8-7-9-21(16-20)45-18-24(36-37-30)44-15-14-43-17-23(39)35-29/h7-9,16,22,24H,5-6,10-15,17-18H2,1-4H3,(H,31,38)(H,32,40)(H,33,41)(H,34,42)(H,35,39). The number of amides is 5. The number of carbonyl (C=O) groups excluding carboxylic acids is 5. The summed E-state index contributed by atoms with van der Waals surface area (Å²) in [6.07, 6.45) is -0.202. The molecule has 5 N–H and O–H groups in total. The molecule has 18 heteroatoms. The van der Waals surface area contributed by atoms with Crippen molar-refractivity contribution in [3.8, 4) is 5.75 Å². The van der Waals surface area contributed by atoms with Gasteiger partial charge in [-0.25, -0.2) is 4.79 Å². The number of rotatable bonds is 21. The van der Waals surface area contributed by atoms with E-state index in [2.05, 4.69) is 34.8 Å². The van der Waals surface area contributed by atoms with Crippen molar-refractivity contribution in [1.82, 2.24) is 24.8 Å². The van der Waals surface area contributed by atoms with Crippen molar-refractivity contribution < 1.29 is 42.9 Å². The highest BCUT2D eigenvalue weighted by atomic mass is 127. The molecule has 17 nitrogen and oxygen atoms in total. The molecule has 0 aliphatic rings. The summed E-state index contributed by atoms with van der Waals surface area (Å²) < 4.78 is 23.8. The molecular formula is C28H43IN8O9. The van der Waals surface area contributed by atoms with E-state index in [1.807, 2.05) is 0 Å². The summed E-state index contributed by atoms with van der Waals surface area (Å²) in [5, 5.41) is 14.2. The summed E-state index contributed by atoms with van der Waals surface area (Å²) in [6, 6.07) is 5.43. The summed E-state index contributed by atoms with van der Waals surface area (Å²) in [7, 11) is 0. The first-order valence-corrected chi connectivity index (χ1v) is 15.6. The Hall–Kier alpha value is -3.87. The van der Waals surface area contributed by atoms with E-state index < -0.39 is 35.8 Å². The zero-order valence-corrected chi connectivity index (χ0v) is 28.6. The molecule has 0 saturated heterocycles. The van der Waals surface area contributed by atoms with Gasteiger partial charge in [0.2, 0.25) is 11.8 Å². The number of carbonyl (C=O) groups is 5. The third kappa shape index (κ3) is 19.5. The minimum atomic E-state index is -0.973. The second kappa shape index (κ2) is 22.6. The van der Waals surface area contributed by atoms with Crippen LogP contribution in [0.4, 0.5) is 4.79 Å². The van der Waals surface area contributed by atoms with Crippen molar-refractivity contribution in [2.24, 2.45) is 5.11 Å². The topological polar surface area (TPSA) is 231 Å². The van der Waals surface area contributed by atoms with Crippen LogP contribution >= 0.6 is 22.9 Å². The van der Waals surface area contributed by atoms with Crippen LogP contribution in [0, 0.1) is 0 Å². The Balaban J connectivity index is 2.57. The van der Waals surface area contributed by atoms with E-state index in [4.69, 9.17) is 24.5 Å². The smallest absolute Gasteiger partial charge is 0.408 e. The van der Waals surface area contributed by atoms with E-state index in [0.29, 0.717) is 31.6 Å². The monoisotopic (exact) mass is 762 g/mol. The molecule has 46 heavy (non-hydrogen) atoms. The van der Waals surface area contributed by atoms with Crippen LogP contribution in [0.3, 0.4) is 0 Å². The SMILES string of the molecule is CC(=O)NCCCCC(NC(=O)OC(C)(C)C)C(=O)NCCNC(=O)c1cccc(OCC(N=[N+]=[N-])OCCOCC(=O)NI)c1. The van der Waals surface area contributed by atoms with Gasteiger partial charge in [0.1, 0.15) is 30.6 Å². The number of unbranched alkanes of at least 4 members (excludes halogenated alkanes) is 1. The van der Waals surface area contributed by atoms with E-state index >= 15 is 0 Å². The van der Waals surface area contributed by atoms with E-state index in [9.17, 15) is 24.0 Å². The van der Waals surface area contributed by atoms with Gasteiger partial charge in [-0.2, -0.15) is 0 Å². The Kier molecular flexibility index (Phi) is 19.7. The molecule has 5 amide bonds. The molecule has 0 aliphatic heterocycles. The molecule has 0 radical (unpaired) electrons. The van der Waals surface area contributed by atoms with Crippen LogP contribution in [-0.2, 0) is 28.6 Å². The summed E-state index contributed by atoms with van der Waals surface area (Å²) in [5.74, 6) is -0.980. The fourth-order valence-electron chi connectivity index (χ4n) is 3.55. The number of hydrogen-bond donors (Lipinski definition) is 5. The molecular weight excluding hydrogens is 719 g/mol. The number of halogens is 1. The maximum Gasteiger partial charge on any atom is 0.408 e. The van der Waals surface area contributed by atoms with Crippen LogP contribution in [0.1, 0.15) is 57.3 Å². The molecule has 2 unspecified atom stereocenters. The van der Waals surface area contributed by atoms with Crippen LogP contribution in [0.25, 0.3) is 10.4 Å². The predicted molar refractivity (Wildman–Crippen MR) is 175 cm³/mol. The molecule has 0 heterocycles. The number of hydrogen-bond acceptors (Lipinski definition) is 10. The number of azide groups is 1. The third-order valence-electron chi connectivity index (χ3n) is 5.56. The first kappa shape index (κ1) is 40.2. The van der Waals surface area contributed by atoms with Gasteiger partial charge in [-0.3, -0.25) is 22.7 Å². The molecule has 0 spiro atoms. The quantitative estimate of drug-likeness (QED) is 0.0308. The Morgan fingerprint density at radius 2 is 1.76 bits per heavy atom. The molecule has 1 rings (SSSR count). The van der Waals surface area contributed by atoms with E-state index in [-0.39, 0.29) is 56.9 Å². The van der Waals surface area contributed by atoms with Crippen molar-refractivity contribution in [3.63, 3.8) is 0 Å². The minimum absolute atomic E-state index is 0.0526. The average molecular weight is 763 g/mol. The number of ether oxygens (including phenoxy) is 4. The van der Waals surface area contributed by atoms with Gasteiger partial charge in [-0.05, 0) is 63.8 Å². The van der Waals surface area contributed by atoms with Crippen molar-refractivity contribution in [1.29, 1.82) is 0 Å². The molecule has 0 aliphatic carbocycles. The highest BCUT2D eigenvalue weighted by Gasteiger charge is 2.24. The van der Waals surface area contributed by atoms with Gasteiger partial charge >= 0.3 is 6.09 Å². The van der Waals surface area contributed by atoms with E-state index in [1.165, 1.54) is 13.0 Å². The molecule has 1 aromatic rings. The van der Waals surface area contributed by atoms with Gasteiger partial charge in [-0.15, -0.1) is 0 Å². The van der Waals surface area contributed by atoms with Crippen molar-refractivity contribution >= 4 is 52.6 Å². The van der Waals surface area contributed by atoms with E-state index in [1.54, 1.807) is 61.8 Å². The summed E-state index contributed by atoms with van der Waals surface area (Å²) >= 11 is 1.70. The normalized spacial score (nSPS) is 12.0. The van der Waals surface area contributed by atoms with Crippen molar-refractivity contribution in [2.75, 3.05) is 46.1 Å². The van der Waals surface area contributed by atoms with Gasteiger partial charge < -0.3 is 40.2 Å². The van der Waals surface area contributed by atoms with Gasteiger partial charge in [0.15, 0.2) is 6.23 Å². The first-order chi connectivity index (χ1) is 21.8. The molecule has 0 fully saturated rings. The molecule has 0 aromatic heterocycles. The summed E-state index contributed by atoms with van der Waals surface area (Å²) in [5.41, 5.74) is 8.35. The molecule has 1 aromatic carbocycles. The highest BCUT2D eigenvalue weighted by Crippen LogP contribution is 2.14. The van der Waals surface area contributed by atoms with Crippen LogP contribution < -0.4 is 29.5 Å². The number of nitrogens with one attached hydrogen (secondary N) is 5. The largest absolute Gasteiger partial charge is 0.491 e. The maximum atomic E-state index is 12.8. The summed E-state index contributed by atoms with van der Waals surface area (Å²) in [6.45, 7) is 7.08. The Bertz CT molecular complexity index is 1190. The van der Waals surface area contributed by atoms with Gasteiger partial charge in [0, 0.05) is 37.0 Å². The fourth-order valence-corrected chi connectivity index (χ4v) is 3.70. The van der Waals surface area contributed by atoms with Gasteiger partial charge in [-0.1, -0.05) is 11.2 Å². The van der Waals surface area contributed by atoms with Crippen LogP contribution in [0.2, 0.25) is 0 Å². The van der Waals surface area contributed by atoms with Crippen LogP contribution in [0.15, 0.2) is 29.4 Å². The molecule has 2 atom stereocenters. The third-order valence-corrected chi connectivity index (χ3v) is 6.16. The Morgan fingerprint density at radius 3 is 2.43 bits per heavy atom. The van der Waals surface area contributed by atoms with E-state index in [0.717, 1.165) is 0 Å². The van der Waals surface area contributed by atoms with Gasteiger partial charge in [0.05, 0.1) is 36.1 Å². The molecule has 0 saturated carbocycles. The molecule has 256 valence electrons. The zero-order chi connectivity index (χ0) is 34.4. The average Bonchev–Trinajstić information content (AvgIpc) is 2.99. The first-order valence-electron chi connectivity index (χ1n) is 14.5.